The molecule has 1 rings (SSSR count). The molecule has 5 heteroatoms. The number of nitrogens with zero attached hydrogens (tertiary/aromatic N) is 1. The quantitative estimate of drug-likeness (QED) is 0.840. The van der Waals surface area contributed by atoms with Gasteiger partial charge in [0.05, 0.1) is 10.6 Å². The number of aromatic carboxylic acids is 1. The Hall–Kier alpha value is -0.740. The van der Waals surface area contributed by atoms with Gasteiger partial charge in [0.2, 0.25) is 0 Å². The van der Waals surface area contributed by atoms with Crippen molar-refractivity contribution in [3.63, 3.8) is 0 Å². The van der Waals surface area contributed by atoms with Gasteiger partial charge in [-0.2, -0.15) is 0 Å². The van der Waals surface area contributed by atoms with E-state index in [9.17, 15) is 4.79 Å². The molecule has 3 nitrogen and oxygen atoms in total. The summed E-state index contributed by atoms with van der Waals surface area (Å²) >= 11 is 7.49. The van der Waals surface area contributed by atoms with E-state index in [4.69, 9.17) is 16.7 Å². The lowest BCUT2D eigenvalue weighted by Crippen LogP contribution is -2.07. The highest BCUT2D eigenvalue weighted by molar-refractivity contribution is 8.00. The van der Waals surface area contributed by atoms with Crippen LogP contribution in [0.1, 0.15) is 31.1 Å². The molecular formula is C11H14ClNO2S. The first-order valence-electron chi connectivity index (χ1n) is 4.98. The fourth-order valence-electron chi connectivity index (χ4n) is 0.984. The lowest BCUT2D eigenvalue weighted by Gasteiger charge is -2.15. The highest BCUT2D eigenvalue weighted by Crippen LogP contribution is 2.33. The van der Waals surface area contributed by atoms with Crippen LogP contribution in [0, 0.1) is 5.92 Å². The predicted octanol–water partition coefficient (Wildman–Crippen LogP) is 3.57. The monoisotopic (exact) mass is 259 g/mol. The number of rotatable bonds is 4. The van der Waals surface area contributed by atoms with E-state index in [-0.39, 0.29) is 10.6 Å². The minimum atomic E-state index is -1.02. The summed E-state index contributed by atoms with van der Waals surface area (Å²) in [4.78, 5) is 15.0. The number of carbonyl (C=O) groups is 1. The number of halogens is 1. The average molecular weight is 260 g/mol. The van der Waals surface area contributed by atoms with Gasteiger partial charge in [0.15, 0.2) is 0 Å². The van der Waals surface area contributed by atoms with Gasteiger partial charge in [0.25, 0.3) is 0 Å². The van der Waals surface area contributed by atoms with Crippen molar-refractivity contribution in [1.29, 1.82) is 0 Å². The molecule has 16 heavy (non-hydrogen) atoms. The predicted molar refractivity (Wildman–Crippen MR) is 66.4 cm³/mol. The fraction of sp³-hybridized carbons (Fsp3) is 0.455. The summed E-state index contributed by atoms with van der Waals surface area (Å²) in [7, 11) is 0. The highest BCUT2D eigenvalue weighted by Gasteiger charge is 2.17. The molecule has 0 aliphatic carbocycles. The zero-order valence-corrected chi connectivity index (χ0v) is 11.0. The Labute approximate surface area is 104 Å². The fourth-order valence-corrected chi connectivity index (χ4v) is 2.27. The van der Waals surface area contributed by atoms with E-state index in [0.717, 1.165) is 0 Å². The Bertz CT molecular complexity index is 396. The van der Waals surface area contributed by atoms with E-state index < -0.39 is 5.97 Å². The van der Waals surface area contributed by atoms with E-state index in [1.165, 1.54) is 24.0 Å². The summed E-state index contributed by atoms with van der Waals surface area (Å²) in [5.74, 6) is -0.539. The summed E-state index contributed by atoms with van der Waals surface area (Å²) in [5, 5.41) is 10.1. The van der Waals surface area contributed by atoms with E-state index >= 15 is 0 Å². The smallest absolute Gasteiger partial charge is 0.337 e. The molecular weight excluding hydrogens is 246 g/mol. The molecule has 0 fully saturated rings. The third-order valence-electron chi connectivity index (χ3n) is 2.32. The van der Waals surface area contributed by atoms with Crippen molar-refractivity contribution in [2.75, 3.05) is 0 Å². The Morgan fingerprint density at radius 2 is 2.12 bits per heavy atom. The Morgan fingerprint density at radius 3 is 2.62 bits per heavy atom. The molecule has 0 spiro atoms. The molecule has 88 valence electrons. The summed E-state index contributed by atoms with van der Waals surface area (Å²) in [6.45, 7) is 6.28. The molecule has 1 aromatic heterocycles. The Balaban J connectivity index is 2.98. The molecule has 0 amide bonds. The van der Waals surface area contributed by atoms with E-state index in [2.05, 4.69) is 25.8 Å². The van der Waals surface area contributed by atoms with Crippen LogP contribution in [-0.4, -0.2) is 21.3 Å². The maximum atomic E-state index is 10.9. The lowest BCUT2D eigenvalue weighted by molar-refractivity contribution is 0.0696. The van der Waals surface area contributed by atoms with Crippen LogP contribution in [0.3, 0.4) is 0 Å². The van der Waals surface area contributed by atoms with Crippen molar-refractivity contribution in [1.82, 2.24) is 4.98 Å². The highest BCUT2D eigenvalue weighted by atomic mass is 35.5. The van der Waals surface area contributed by atoms with Gasteiger partial charge in [0.1, 0.15) is 5.03 Å². The Morgan fingerprint density at radius 1 is 1.50 bits per heavy atom. The van der Waals surface area contributed by atoms with Crippen molar-refractivity contribution in [2.45, 2.75) is 31.0 Å². The summed E-state index contributed by atoms with van der Waals surface area (Å²) in [5.41, 5.74) is 0.107. The van der Waals surface area contributed by atoms with Crippen molar-refractivity contribution in [3.05, 3.63) is 22.8 Å². The van der Waals surface area contributed by atoms with E-state index in [1.54, 1.807) is 0 Å². The normalized spacial score (nSPS) is 12.8. The number of hydrogen-bond donors (Lipinski definition) is 1. The van der Waals surface area contributed by atoms with Crippen LogP contribution < -0.4 is 0 Å². The van der Waals surface area contributed by atoms with Gasteiger partial charge < -0.3 is 5.11 Å². The van der Waals surface area contributed by atoms with Gasteiger partial charge in [-0.25, -0.2) is 9.78 Å². The molecule has 0 radical (unpaired) electrons. The molecule has 0 saturated heterocycles. The summed E-state index contributed by atoms with van der Waals surface area (Å²) < 4.78 is 0. The van der Waals surface area contributed by atoms with Crippen LogP contribution in [0.25, 0.3) is 0 Å². The van der Waals surface area contributed by atoms with Crippen LogP contribution in [0.4, 0.5) is 0 Å². The number of aromatic nitrogens is 1. The third-order valence-corrected chi connectivity index (χ3v) is 4.27. The van der Waals surface area contributed by atoms with E-state index in [0.29, 0.717) is 16.2 Å². The first-order chi connectivity index (χ1) is 7.43. The molecule has 0 aliphatic rings. The molecule has 0 aliphatic heterocycles. The van der Waals surface area contributed by atoms with Gasteiger partial charge in [0, 0.05) is 11.4 Å². The van der Waals surface area contributed by atoms with Crippen LogP contribution in [-0.2, 0) is 0 Å². The molecule has 0 aromatic carbocycles. The average Bonchev–Trinajstić information content (AvgIpc) is 2.20. The second kappa shape index (κ2) is 5.55. The van der Waals surface area contributed by atoms with Crippen molar-refractivity contribution in [2.24, 2.45) is 5.92 Å². The molecule has 1 heterocycles. The maximum absolute atomic E-state index is 10.9. The molecule has 1 N–H and O–H groups in total. The number of hydrogen-bond acceptors (Lipinski definition) is 3. The number of pyridine rings is 1. The Kier molecular flexibility index (Phi) is 4.62. The summed E-state index contributed by atoms with van der Waals surface area (Å²) in [6, 6.07) is 1.41. The second-order valence-electron chi connectivity index (χ2n) is 3.85. The molecule has 1 unspecified atom stereocenters. The minimum Gasteiger partial charge on any atom is -0.478 e. The van der Waals surface area contributed by atoms with Crippen molar-refractivity contribution < 1.29 is 9.90 Å². The molecule has 0 bridgehead atoms. The second-order valence-corrected chi connectivity index (χ2v) is 5.59. The first kappa shape index (κ1) is 13.3. The van der Waals surface area contributed by atoms with Crippen molar-refractivity contribution >= 4 is 29.3 Å². The third kappa shape index (κ3) is 3.12. The standard InChI is InChI=1S/C11H14ClNO2S/c1-6(2)7(3)16-10-9(12)8(11(14)15)4-5-13-10/h4-7H,1-3H3,(H,14,15). The van der Waals surface area contributed by atoms with Crippen molar-refractivity contribution in [3.8, 4) is 0 Å². The zero-order chi connectivity index (χ0) is 12.3. The van der Waals surface area contributed by atoms with Crippen LogP contribution in [0.5, 0.6) is 0 Å². The number of carboxylic acids is 1. The largest absolute Gasteiger partial charge is 0.478 e. The summed E-state index contributed by atoms with van der Waals surface area (Å²) in [6.07, 6.45) is 1.48. The molecule has 1 atom stereocenters. The minimum absolute atomic E-state index is 0.107. The van der Waals surface area contributed by atoms with Crippen LogP contribution in [0.2, 0.25) is 5.02 Å². The van der Waals surface area contributed by atoms with Gasteiger partial charge in [-0.05, 0) is 12.0 Å². The SMILES string of the molecule is CC(C)C(C)Sc1nccc(C(=O)O)c1Cl. The number of carboxylic acid groups (broad SMARTS) is 1. The van der Waals surface area contributed by atoms with Crippen LogP contribution in [0.15, 0.2) is 17.3 Å². The lowest BCUT2D eigenvalue weighted by atomic mass is 10.2. The number of thioether (sulfide) groups is 1. The van der Waals surface area contributed by atoms with E-state index in [1.807, 2.05) is 0 Å². The zero-order valence-electron chi connectivity index (χ0n) is 9.40. The molecule has 1 aromatic rings. The van der Waals surface area contributed by atoms with Crippen LogP contribution >= 0.6 is 23.4 Å². The molecule has 0 saturated carbocycles. The first-order valence-corrected chi connectivity index (χ1v) is 6.23. The van der Waals surface area contributed by atoms with Gasteiger partial charge in [-0.3, -0.25) is 0 Å². The van der Waals surface area contributed by atoms with Gasteiger partial charge in [-0.15, -0.1) is 11.8 Å². The topological polar surface area (TPSA) is 50.2 Å². The van der Waals surface area contributed by atoms with Gasteiger partial charge in [-0.1, -0.05) is 32.4 Å². The van der Waals surface area contributed by atoms with Gasteiger partial charge >= 0.3 is 5.97 Å². The maximum Gasteiger partial charge on any atom is 0.337 e.